The van der Waals surface area contributed by atoms with Gasteiger partial charge in [0, 0.05) is 11.3 Å². The Morgan fingerprint density at radius 2 is 1.59 bits per heavy atom. The zero-order valence-electron chi connectivity index (χ0n) is 8.64. The SMILES string of the molecule is Cc1cc(-c2cc(F)c(F)c(F)c2)nc(Cl)n1. The molecule has 0 fully saturated rings. The van der Waals surface area contributed by atoms with Crippen LogP contribution < -0.4 is 0 Å². The Balaban J connectivity index is 2.60. The lowest BCUT2D eigenvalue weighted by Gasteiger charge is -2.04. The summed E-state index contributed by atoms with van der Waals surface area (Å²) in [6, 6.07) is 3.21. The quantitative estimate of drug-likeness (QED) is 0.578. The summed E-state index contributed by atoms with van der Waals surface area (Å²) in [5, 5.41) is -0.0369. The average molecular weight is 259 g/mol. The van der Waals surface area contributed by atoms with Gasteiger partial charge in [0.15, 0.2) is 17.5 Å². The van der Waals surface area contributed by atoms with Crippen LogP contribution in [0.25, 0.3) is 11.3 Å². The molecule has 88 valence electrons. The first-order valence-corrected chi connectivity index (χ1v) is 5.01. The number of hydrogen-bond acceptors (Lipinski definition) is 2. The lowest BCUT2D eigenvalue weighted by molar-refractivity contribution is 0.447. The van der Waals surface area contributed by atoms with Crippen molar-refractivity contribution < 1.29 is 13.2 Å². The Labute approximate surface area is 100 Å². The van der Waals surface area contributed by atoms with Gasteiger partial charge < -0.3 is 0 Å². The maximum absolute atomic E-state index is 13.0. The van der Waals surface area contributed by atoms with Crippen molar-refractivity contribution in [2.45, 2.75) is 6.92 Å². The summed E-state index contributed by atoms with van der Waals surface area (Å²) in [5.41, 5.74) is 0.888. The van der Waals surface area contributed by atoms with E-state index in [0.717, 1.165) is 12.1 Å². The molecule has 2 aromatic rings. The average Bonchev–Trinajstić information content (AvgIpc) is 2.23. The smallest absolute Gasteiger partial charge is 0.223 e. The van der Waals surface area contributed by atoms with E-state index in [1.165, 1.54) is 6.07 Å². The maximum Gasteiger partial charge on any atom is 0.223 e. The van der Waals surface area contributed by atoms with Crippen molar-refractivity contribution in [2.75, 3.05) is 0 Å². The summed E-state index contributed by atoms with van der Waals surface area (Å²) < 4.78 is 38.8. The first-order chi connectivity index (χ1) is 7.97. The Morgan fingerprint density at radius 1 is 1.00 bits per heavy atom. The van der Waals surface area contributed by atoms with Gasteiger partial charge >= 0.3 is 0 Å². The van der Waals surface area contributed by atoms with Crippen molar-refractivity contribution in [2.24, 2.45) is 0 Å². The molecule has 1 aromatic heterocycles. The largest absolute Gasteiger partial charge is 0.223 e. The second kappa shape index (κ2) is 4.33. The molecule has 0 bridgehead atoms. The highest BCUT2D eigenvalue weighted by Crippen LogP contribution is 2.23. The molecule has 1 aromatic carbocycles. The van der Waals surface area contributed by atoms with Crippen LogP contribution in [0.2, 0.25) is 5.28 Å². The predicted octanol–water partition coefficient (Wildman–Crippen LogP) is 3.52. The van der Waals surface area contributed by atoms with Gasteiger partial charge in [0.05, 0.1) is 5.69 Å². The van der Waals surface area contributed by atoms with Crippen LogP contribution in [0, 0.1) is 24.4 Å². The van der Waals surface area contributed by atoms with Crippen molar-refractivity contribution in [1.82, 2.24) is 9.97 Å². The van der Waals surface area contributed by atoms with E-state index < -0.39 is 17.5 Å². The van der Waals surface area contributed by atoms with Gasteiger partial charge in [-0.25, -0.2) is 23.1 Å². The molecule has 0 spiro atoms. The molecule has 0 saturated heterocycles. The zero-order chi connectivity index (χ0) is 12.6. The number of nitrogens with zero attached hydrogens (tertiary/aromatic N) is 2. The minimum Gasteiger partial charge on any atom is -0.223 e. The molecule has 2 nitrogen and oxygen atoms in total. The van der Waals surface area contributed by atoms with Gasteiger partial charge in [-0.3, -0.25) is 0 Å². The second-order valence-electron chi connectivity index (χ2n) is 3.42. The summed E-state index contributed by atoms with van der Waals surface area (Å²) in [5.74, 6) is -4.05. The number of aryl methyl sites for hydroxylation is 1. The minimum absolute atomic E-state index is 0.0369. The monoisotopic (exact) mass is 258 g/mol. The normalized spacial score (nSPS) is 10.6. The van der Waals surface area contributed by atoms with Crippen molar-refractivity contribution in [1.29, 1.82) is 0 Å². The van der Waals surface area contributed by atoms with Crippen molar-refractivity contribution in [3.63, 3.8) is 0 Å². The van der Waals surface area contributed by atoms with E-state index in [0.29, 0.717) is 5.69 Å². The van der Waals surface area contributed by atoms with E-state index >= 15 is 0 Å². The molecule has 17 heavy (non-hydrogen) atoms. The van der Waals surface area contributed by atoms with Crippen LogP contribution in [0.5, 0.6) is 0 Å². The Morgan fingerprint density at radius 3 is 2.12 bits per heavy atom. The summed E-state index contributed by atoms with van der Waals surface area (Å²) >= 11 is 5.63. The highest BCUT2D eigenvalue weighted by atomic mass is 35.5. The molecule has 0 amide bonds. The molecule has 0 atom stereocenters. The van der Waals surface area contributed by atoms with E-state index in [-0.39, 0.29) is 16.5 Å². The molecule has 0 radical (unpaired) electrons. The zero-order valence-corrected chi connectivity index (χ0v) is 9.39. The Bertz CT molecular complexity index is 544. The third kappa shape index (κ3) is 2.39. The number of rotatable bonds is 1. The molecule has 2 rings (SSSR count). The van der Waals surface area contributed by atoms with E-state index in [9.17, 15) is 13.2 Å². The summed E-state index contributed by atoms with van der Waals surface area (Å²) in [7, 11) is 0. The molecule has 6 heteroatoms. The van der Waals surface area contributed by atoms with Crippen LogP contribution >= 0.6 is 11.6 Å². The molecule has 0 N–H and O–H groups in total. The maximum atomic E-state index is 13.0. The fourth-order valence-corrected chi connectivity index (χ4v) is 1.61. The fourth-order valence-electron chi connectivity index (χ4n) is 1.38. The fraction of sp³-hybridized carbons (Fsp3) is 0.0909. The van der Waals surface area contributed by atoms with Gasteiger partial charge in [-0.2, -0.15) is 0 Å². The van der Waals surface area contributed by atoms with E-state index in [1.807, 2.05) is 0 Å². The van der Waals surface area contributed by atoms with Crippen LogP contribution in [0.1, 0.15) is 5.69 Å². The molecule has 1 heterocycles. The third-order valence-corrected chi connectivity index (χ3v) is 2.28. The van der Waals surface area contributed by atoms with Crippen LogP contribution in [-0.2, 0) is 0 Å². The number of benzene rings is 1. The molecule has 0 unspecified atom stereocenters. The highest BCUT2D eigenvalue weighted by molar-refractivity contribution is 6.28. The van der Waals surface area contributed by atoms with Gasteiger partial charge in [-0.05, 0) is 36.7 Å². The Hall–Kier alpha value is -1.62. The molecule has 0 aliphatic carbocycles. The second-order valence-corrected chi connectivity index (χ2v) is 3.76. The van der Waals surface area contributed by atoms with Gasteiger partial charge in [0.2, 0.25) is 5.28 Å². The first kappa shape index (κ1) is 11.9. The molecule has 0 aliphatic rings. The Kier molecular flexibility index (Phi) is 3.02. The molecule has 0 saturated carbocycles. The van der Waals surface area contributed by atoms with Crippen molar-refractivity contribution in [3.8, 4) is 11.3 Å². The predicted molar refractivity (Wildman–Crippen MR) is 57.1 cm³/mol. The topological polar surface area (TPSA) is 25.8 Å². The minimum atomic E-state index is -1.51. The van der Waals surface area contributed by atoms with E-state index in [2.05, 4.69) is 9.97 Å². The lowest BCUT2D eigenvalue weighted by Crippen LogP contribution is -1.95. The van der Waals surface area contributed by atoms with E-state index in [1.54, 1.807) is 6.92 Å². The summed E-state index contributed by atoms with van der Waals surface area (Å²) in [6.45, 7) is 1.66. The van der Waals surface area contributed by atoms with Gasteiger partial charge in [0.25, 0.3) is 0 Å². The molecule has 0 aliphatic heterocycles. The number of halogens is 4. The van der Waals surface area contributed by atoms with Crippen molar-refractivity contribution >= 4 is 11.6 Å². The third-order valence-electron chi connectivity index (χ3n) is 2.11. The molecular weight excluding hydrogens is 253 g/mol. The number of hydrogen-bond donors (Lipinski definition) is 0. The van der Waals surface area contributed by atoms with Crippen LogP contribution in [0.15, 0.2) is 18.2 Å². The molecular formula is C11H6ClF3N2. The van der Waals surface area contributed by atoms with Crippen LogP contribution in [0.4, 0.5) is 13.2 Å². The highest BCUT2D eigenvalue weighted by Gasteiger charge is 2.13. The van der Waals surface area contributed by atoms with Crippen LogP contribution in [0.3, 0.4) is 0 Å². The van der Waals surface area contributed by atoms with Gasteiger partial charge in [-0.1, -0.05) is 0 Å². The number of aromatic nitrogens is 2. The van der Waals surface area contributed by atoms with Crippen LogP contribution in [-0.4, -0.2) is 9.97 Å². The van der Waals surface area contributed by atoms with Gasteiger partial charge in [0.1, 0.15) is 0 Å². The first-order valence-electron chi connectivity index (χ1n) is 4.63. The summed E-state index contributed by atoms with van der Waals surface area (Å²) in [4.78, 5) is 7.63. The van der Waals surface area contributed by atoms with Crippen molar-refractivity contribution in [3.05, 3.63) is 46.6 Å². The lowest BCUT2D eigenvalue weighted by atomic mass is 10.1. The summed E-state index contributed by atoms with van der Waals surface area (Å²) in [6.07, 6.45) is 0. The van der Waals surface area contributed by atoms with E-state index in [4.69, 9.17) is 11.6 Å². The van der Waals surface area contributed by atoms with Gasteiger partial charge in [-0.15, -0.1) is 0 Å². The standard InChI is InChI=1S/C11H6ClF3N2/c1-5-2-9(17-11(12)16-5)6-3-7(13)10(15)8(14)4-6/h2-4H,1H3.